The minimum absolute atomic E-state index is 0.0207. The lowest BCUT2D eigenvalue weighted by atomic mass is 10.3. The lowest BCUT2D eigenvalue weighted by Gasteiger charge is -2.07. The zero-order valence-corrected chi connectivity index (χ0v) is 13.8. The summed E-state index contributed by atoms with van der Waals surface area (Å²) in [5.74, 6) is -0.0207. The smallest absolute Gasteiger partial charge is 0.262 e. The summed E-state index contributed by atoms with van der Waals surface area (Å²) in [7, 11) is 0. The molecule has 0 amide bonds. The molecule has 0 aliphatic heterocycles. The first-order valence-electron chi connectivity index (χ1n) is 6.49. The molecule has 116 valence electrons. The first-order chi connectivity index (χ1) is 11.1. The lowest BCUT2D eigenvalue weighted by Crippen LogP contribution is -2.30. The van der Waals surface area contributed by atoms with Crippen molar-refractivity contribution in [3.05, 3.63) is 63.1 Å². The van der Waals surface area contributed by atoms with Crippen LogP contribution in [-0.2, 0) is 0 Å². The maximum absolute atomic E-state index is 11.1. The molecule has 0 N–H and O–H groups in total. The fraction of sp³-hybridized carbons (Fsp3) is 0.0714. The minimum Gasteiger partial charge on any atom is -0.262 e. The van der Waals surface area contributed by atoms with Gasteiger partial charge in [-0.1, -0.05) is 33.3 Å². The van der Waals surface area contributed by atoms with Crippen LogP contribution in [0.2, 0.25) is 0 Å². The van der Waals surface area contributed by atoms with Crippen LogP contribution in [0.1, 0.15) is 0 Å². The molecule has 1 heterocycles. The summed E-state index contributed by atoms with van der Waals surface area (Å²) in [5, 5.41) is 19.1. The van der Waals surface area contributed by atoms with Crippen LogP contribution in [0.25, 0.3) is 11.0 Å². The zero-order chi connectivity index (χ0) is 16.4. The van der Waals surface area contributed by atoms with E-state index in [0.29, 0.717) is 16.7 Å². The van der Waals surface area contributed by atoms with E-state index in [-0.39, 0.29) is 5.84 Å². The maximum atomic E-state index is 11.1. The molecule has 7 nitrogen and oxygen atoms in total. The van der Waals surface area contributed by atoms with Gasteiger partial charge in [-0.05, 0) is 48.0 Å². The van der Waals surface area contributed by atoms with Gasteiger partial charge in [0, 0.05) is 9.40 Å². The van der Waals surface area contributed by atoms with Crippen molar-refractivity contribution in [1.29, 1.82) is 0 Å². The predicted octanol–water partition coefficient (Wildman–Crippen LogP) is 3.61. The van der Waals surface area contributed by atoms with Crippen LogP contribution in [0, 0.1) is 10.1 Å². The second-order valence-corrected chi connectivity index (χ2v) is 5.89. The third kappa shape index (κ3) is 3.22. The van der Waals surface area contributed by atoms with Crippen molar-refractivity contribution >= 4 is 50.1 Å². The molecule has 0 unspecified atom stereocenters. The van der Waals surface area contributed by atoms with Gasteiger partial charge in [0.25, 0.3) is 0 Å². The van der Waals surface area contributed by atoms with Gasteiger partial charge >= 0.3 is 5.50 Å². The van der Waals surface area contributed by atoms with E-state index < -0.39 is 10.4 Å². The summed E-state index contributed by atoms with van der Waals surface area (Å²) in [6.45, 7) is 0. The Morgan fingerprint density at radius 2 is 1.96 bits per heavy atom. The number of alkyl halides is 1. The Kier molecular flexibility index (Phi) is 4.35. The van der Waals surface area contributed by atoms with Crippen molar-refractivity contribution in [2.24, 2.45) is 4.99 Å². The van der Waals surface area contributed by atoms with E-state index in [2.05, 4.69) is 31.2 Å². The number of para-hydroxylation sites is 1. The van der Waals surface area contributed by atoms with Gasteiger partial charge in [-0.2, -0.15) is 4.68 Å². The third-order valence-corrected chi connectivity index (χ3v) is 3.92. The quantitative estimate of drug-likeness (QED) is 0.170. The topological polar surface area (TPSA) is 86.2 Å². The van der Waals surface area contributed by atoms with Crippen molar-refractivity contribution in [1.82, 2.24) is 15.0 Å². The third-order valence-electron chi connectivity index (χ3n) is 3.04. The highest BCUT2D eigenvalue weighted by Gasteiger charge is 2.28. The monoisotopic (exact) mass is 393 g/mol. The summed E-state index contributed by atoms with van der Waals surface area (Å²) < 4.78 is 2.17. The van der Waals surface area contributed by atoms with Gasteiger partial charge in [0.1, 0.15) is 5.52 Å². The molecule has 0 fully saturated rings. The number of aliphatic imine (C=N–C) groups is 1. The van der Waals surface area contributed by atoms with Gasteiger partial charge in [-0.3, -0.25) is 10.1 Å². The first-order valence-corrected chi connectivity index (χ1v) is 7.72. The second kappa shape index (κ2) is 6.43. The first kappa shape index (κ1) is 15.6. The average Bonchev–Trinajstić information content (AvgIpc) is 2.97. The lowest BCUT2D eigenvalue weighted by molar-refractivity contribution is -0.480. The van der Waals surface area contributed by atoms with E-state index >= 15 is 0 Å². The molecule has 0 saturated carbocycles. The Morgan fingerprint density at radius 1 is 1.26 bits per heavy atom. The van der Waals surface area contributed by atoms with Gasteiger partial charge < -0.3 is 0 Å². The molecule has 0 saturated heterocycles. The molecule has 23 heavy (non-hydrogen) atoms. The average molecular weight is 395 g/mol. The number of hydrogen-bond donors (Lipinski definition) is 0. The van der Waals surface area contributed by atoms with Crippen molar-refractivity contribution in [2.45, 2.75) is 5.50 Å². The van der Waals surface area contributed by atoms with Crippen LogP contribution in [0.4, 0.5) is 5.69 Å². The normalized spacial score (nSPS) is 13.2. The molecular formula is C14H9BrClN5O2. The van der Waals surface area contributed by atoms with E-state index in [9.17, 15) is 10.1 Å². The number of nitrogens with zero attached hydrogens (tertiary/aromatic N) is 5. The van der Waals surface area contributed by atoms with Gasteiger partial charge in [0.2, 0.25) is 5.84 Å². The SMILES string of the molecule is O=[N+]([O-])[C@H](Cl)C(=Nc1ccc(Br)cc1)n1nnc2ccccc21. The summed E-state index contributed by atoms with van der Waals surface area (Å²) >= 11 is 9.25. The van der Waals surface area contributed by atoms with Crippen LogP contribution in [0.5, 0.6) is 0 Å². The Labute approximate surface area is 143 Å². The zero-order valence-electron chi connectivity index (χ0n) is 11.5. The minimum atomic E-state index is -1.55. The number of nitro groups is 1. The molecule has 0 spiro atoms. The number of hydrogen-bond acceptors (Lipinski definition) is 5. The number of aromatic nitrogens is 3. The van der Waals surface area contributed by atoms with Crippen LogP contribution >= 0.6 is 27.5 Å². The van der Waals surface area contributed by atoms with E-state index in [1.807, 2.05) is 0 Å². The number of fused-ring (bicyclic) bond motifs is 1. The Balaban J connectivity index is 2.16. The number of rotatable bonds is 3. The molecule has 3 rings (SSSR count). The molecule has 3 aromatic rings. The summed E-state index contributed by atoms with van der Waals surface area (Å²) in [6, 6.07) is 14.1. The van der Waals surface area contributed by atoms with Crippen LogP contribution in [-0.4, -0.2) is 31.3 Å². The van der Waals surface area contributed by atoms with Crippen molar-refractivity contribution in [2.75, 3.05) is 0 Å². The van der Waals surface area contributed by atoms with Gasteiger partial charge in [-0.15, -0.1) is 5.10 Å². The highest BCUT2D eigenvalue weighted by molar-refractivity contribution is 9.10. The van der Waals surface area contributed by atoms with Gasteiger partial charge in [0.05, 0.1) is 11.2 Å². The molecule has 0 aliphatic carbocycles. The van der Waals surface area contributed by atoms with E-state index in [4.69, 9.17) is 11.6 Å². The van der Waals surface area contributed by atoms with Crippen LogP contribution < -0.4 is 0 Å². The predicted molar refractivity (Wildman–Crippen MR) is 90.8 cm³/mol. The second-order valence-electron chi connectivity index (χ2n) is 4.56. The number of benzene rings is 2. The van der Waals surface area contributed by atoms with Crippen LogP contribution in [0.15, 0.2) is 58.0 Å². The molecular weight excluding hydrogens is 386 g/mol. The van der Waals surface area contributed by atoms with E-state index in [1.54, 1.807) is 48.5 Å². The molecule has 0 aliphatic rings. The van der Waals surface area contributed by atoms with Gasteiger partial charge in [0.15, 0.2) is 0 Å². The highest BCUT2D eigenvalue weighted by atomic mass is 79.9. The van der Waals surface area contributed by atoms with E-state index in [1.165, 1.54) is 4.68 Å². The number of halogens is 2. The molecule has 1 atom stereocenters. The van der Waals surface area contributed by atoms with Crippen LogP contribution in [0.3, 0.4) is 0 Å². The molecule has 0 radical (unpaired) electrons. The summed E-state index contributed by atoms with van der Waals surface area (Å²) in [4.78, 5) is 14.8. The molecule has 2 aromatic carbocycles. The molecule has 9 heteroatoms. The van der Waals surface area contributed by atoms with Crippen molar-refractivity contribution < 1.29 is 4.92 Å². The fourth-order valence-corrected chi connectivity index (χ4v) is 2.39. The Bertz CT molecular complexity index is 894. The largest absolute Gasteiger partial charge is 0.345 e. The standard InChI is InChI=1S/C14H9BrClN5O2/c15-9-5-7-10(8-6-9)17-14(13(16)21(22)23)20-12-4-2-1-3-11(12)18-19-20/h1-8,13H/t13-/m0/s1. The van der Waals surface area contributed by atoms with Crippen molar-refractivity contribution in [3.8, 4) is 0 Å². The van der Waals surface area contributed by atoms with Crippen molar-refractivity contribution in [3.63, 3.8) is 0 Å². The molecule has 0 bridgehead atoms. The van der Waals surface area contributed by atoms with E-state index in [0.717, 1.165) is 4.47 Å². The molecule has 1 aromatic heterocycles. The fourth-order valence-electron chi connectivity index (χ4n) is 1.98. The highest BCUT2D eigenvalue weighted by Crippen LogP contribution is 2.20. The Hall–Kier alpha value is -2.32. The van der Waals surface area contributed by atoms with Gasteiger partial charge in [-0.25, -0.2) is 4.99 Å². The summed E-state index contributed by atoms with van der Waals surface area (Å²) in [5.41, 5.74) is 0.165. The summed E-state index contributed by atoms with van der Waals surface area (Å²) in [6.07, 6.45) is 0. The maximum Gasteiger partial charge on any atom is 0.345 e. The Morgan fingerprint density at radius 3 is 2.65 bits per heavy atom.